The fraction of sp³-hybridized carbons (Fsp3) is 0.333. The largest absolute Gasteiger partial charge is 0.462 e. The number of benzene rings is 2. The first-order chi connectivity index (χ1) is 18.5. The van der Waals surface area contributed by atoms with Gasteiger partial charge in [0.1, 0.15) is 0 Å². The van der Waals surface area contributed by atoms with Gasteiger partial charge in [0.2, 0.25) is 0 Å². The van der Waals surface area contributed by atoms with Crippen LogP contribution in [0.4, 0.5) is 0 Å². The van der Waals surface area contributed by atoms with E-state index in [-0.39, 0.29) is 5.91 Å². The average molecular weight is 513 g/mol. The summed E-state index contributed by atoms with van der Waals surface area (Å²) >= 11 is 0. The van der Waals surface area contributed by atoms with E-state index < -0.39 is 11.9 Å². The summed E-state index contributed by atoms with van der Waals surface area (Å²) in [5.41, 5.74) is 4.15. The first-order valence-electron chi connectivity index (χ1n) is 13.1. The van der Waals surface area contributed by atoms with Gasteiger partial charge in [-0.05, 0) is 25.0 Å². The molecule has 2 aromatic carbocycles. The van der Waals surface area contributed by atoms with Gasteiger partial charge in [0.15, 0.2) is 0 Å². The third kappa shape index (κ3) is 5.60. The maximum Gasteiger partial charge on any atom is 0.396 e. The fourth-order valence-electron chi connectivity index (χ4n) is 5.29. The van der Waals surface area contributed by atoms with Crippen LogP contribution in [0.3, 0.4) is 0 Å². The Hall–Kier alpha value is -4.04. The number of piperazine rings is 1. The molecule has 1 aromatic heterocycles. The summed E-state index contributed by atoms with van der Waals surface area (Å²) in [7, 11) is 1.23. The van der Waals surface area contributed by atoms with Gasteiger partial charge in [0, 0.05) is 62.0 Å². The van der Waals surface area contributed by atoms with E-state index in [1.165, 1.54) is 7.11 Å². The highest BCUT2D eigenvalue weighted by Gasteiger charge is 2.32. The summed E-state index contributed by atoms with van der Waals surface area (Å²) < 4.78 is 4.56. The van der Waals surface area contributed by atoms with Crippen LogP contribution in [0.25, 0.3) is 22.5 Å². The predicted octanol–water partition coefficient (Wildman–Crippen LogP) is 3.34. The molecule has 38 heavy (non-hydrogen) atoms. The molecular formula is C30H32N4O4. The number of amides is 2. The molecule has 3 aromatic rings. The van der Waals surface area contributed by atoms with Crippen molar-refractivity contribution in [3.8, 4) is 22.5 Å². The second kappa shape index (κ2) is 11.6. The molecule has 0 saturated carbocycles. The minimum Gasteiger partial charge on any atom is -0.462 e. The number of carbonyl (C=O) groups is 3. The number of hydrogen-bond acceptors (Lipinski definition) is 6. The van der Waals surface area contributed by atoms with Crippen molar-refractivity contribution in [1.82, 2.24) is 19.7 Å². The van der Waals surface area contributed by atoms with E-state index in [1.54, 1.807) is 4.90 Å². The summed E-state index contributed by atoms with van der Waals surface area (Å²) in [6.07, 6.45) is 1.61. The molecule has 2 saturated heterocycles. The molecule has 0 radical (unpaired) electrons. The van der Waals surface area contributed by atoms with E-state index in [4.69, 9.17) is 4.98 Å². The molecule has 2 amide bonds. The van der Waals surface area contributed by atoms with Crippen molar-refractivity contribution in [2.24, 2.45) is 0 Å². The number of pyridine rings is 1. The lowest BCUT2D eigenvalue weighted by Crippen LogP contribution is -2.55. The molecule has 0 bridgehead atoms. The van der Waals surface area contributed by atoms with E-state index >= 15 is 0 Å². The number of nitrogens with zero attached hydrogens (tertiary/aromatic N) is 4. The number of rotatable bonds is 4. The van der Waals surface area contributed by atoms with Crippen molar-refractivity contribution >= 4 is 17.8 Å². The van der Waals surface area contributed by atoms with Crippen LogP contribution >= 0.6 is 0 Å². The minimum absolute atomic E-state index is 0.0138. The Morgan fingerprint density at radius 2 is 1.26 bits per heavy atom. The van der Waals surface area contributed by atoms with Crippen LogP contribution < -0.4 is 0 Å². The van der Waals surface area contributed by atoms with Gasteiger partial charge in [-0.25, -0.2) is 9.78 Å². The number of carbonyl (C=O) groups excluding carboxylic acids is 3. The molecule has 0 N–H and O–H groups in total. The Kier molecular flexibility index (Phi) is 7.79. The second-order valence-corrected chi connectivity index (χ2v) is 9.70. The van der Waals surface area contributed by atoms with Crippen molar-refractivity contribution in [2.75, 3.05) is 46.4 Å². The number of methoxy groups -OCH3 is 1. The molecule has 196 valence electrons. The van der Waals surface area contributed by atoms with E-state index in [0.717, 1.165) is 48.4 Å². The molecule has 0 atom stereocenters. The topological polar surface area (TPSA) is 83.1 Å². The van der Waals surface area contributed by atoms with Crippen LogP contribution in [0, 0.1) is 0 Å². The Morgan fingerprint density at radius 3 is 1.76 bits per heavy atom. The standard InChI is InChI=1S/C30H32N4O4/c1-38-30(37)29(36)33-14-12-25(13-15-33)32-16-18-34(19-17-32)28(35)24-20-26(22-8-4-2-5-9-22)31-27(21-24)23-10-6-3-7-11-23/h2-11,20-21,25H,12-19H2,1H3. The number of esters is 1. The molecule has 0 spiro atoms. The summed E-state index contributed by atoms with van der Waals surface area (Å²) in [6.45, 7) is 3.93. The maximum absolute atomic E-state index is 13.7. The smallest absolute Gasteiger partial charge is 0.396 e. The Morgan fingerprint density at radius 1 is 0.737 bits per heavy atom. The normalized spacial score (nSPS) is 16.8. The highest BCUT2D eigenvalue weighted by Crippen LogP contribution is 2.26. The first kappa shape index (κ1) is 25.6. The van der Waals surface area contributed by atoms with Crippen LogP contribution in [0.5, 0.6) is 0 Å². The van der Waals surface area contributed by atoms with Gasteiger partial charge in [-0.15, -0.1) is 0 Å². The molecule has 8 nitrogen and oxygen atoms in total. The second-order valence-electron chi connectivity index (χ2n) is 9.70. The van der Waals surface area contributed by atoms with Gasteiger partial charge in [-0.1, -0.05) is 60.7 Å². The summed E-state index contributed by atoms with van der Waals surface area (Å²) in [5.74, 6) is -1.36. The molecular weight excluding hydrogens is 480 g/mol. The van der Waals surface area contributed by atoms with Gasteiger partial charge in [-0.2, -0.15) is 0 Å². The first-order valence-corrected chi connectivity index (χ1v) is 13.1. The van der Waals surface area contributed by atoms with Gasteiger partial charge in [0.05, 0.1) is 18.5 Å². The molecule has 8 heteroatoms. The number of piperidine rings is 1. The fourth-order valence-corrected chi connectivity index (χ4v) is 5.29. The van der Waals surface area contributed by atoms with Gasteiger partial charge in [-0.3, -0.25) is 14.5 Å². The monoisotopic (exact) mass is 512 g/mol. The summed E-state index contributed by atoms with van der Waals surface area (Å²) in [4.78, 5) is 48.1. The molecule has 2 aliphatic rings. The average Bonchev–Trinajstić information content (AvgIpc) is 3.00. The van der Waals surface area contributed by atoms with Crippen LogP contribution in [0.15, 0.2) is 72.8 Å². The third-order valence-corrected chi connectivity index (χ3v) is 7.44. The number of hydrogen-bond donors (Lipinski definition) is 0. The van der Waals surface area contributed by atoms with Crippen LogP contribution in [-0.2, 0) is 14.3 Å². The van der Waals surface area contributed by atoms with Crippen molar-refractivity contribution in [1.29, 1.82) is 0 Å². The quantitative estimate of drug-likeness (QED) is 0.394. The molecule has 0 aliphatic carbocycles. The molecule has 2 aliphatic heterocycles. The van der Waals surface area contributed by atoms with Crippen molar-refractivity contribution in [3.63, 3.8) is 0 Å². The van der Waals surface area contributed by atoms with E-state index in [9.17, 15) is 14.4 Å². The van der Waals surface area contributed by atoms with Crippen molar-refractivity contribution in [2.45, 2.75) is 18.9 Å². The number of likely N-dealkylation sites (tertiary alicyclic amines) is 1. The van der Waals surface area contributed by atoms with Gasteiger partial charge < -0.3 is 14.5 Å². The zero-order valence-electron chi connectivity index (χ0n) is 21.6. The van der Waals surface area contributed by atoms with Crippen LogP contribution in [0.1, 0.15) is 23.2 Å². The Bertz CT molecular complexity index is 1220. The van der Waals surface area contributed by atoms with Crippen LogP contribution in [-0.4, -0.2) is 89.9 Å². The molecule has 3 heterocycles. The molecule has 5 rings (SSSR count). The third-order valence-electron chi connectivity index (χ3n) is 7.44. The minimum atomic E-state index is -0.808. The zero-order chi connectivity index (χ0) is 26.5. The lowest BCUT2D eigenvalue weighted by atomic mass is 10.0. The van der Waals surface area contributed by atoms with Gasteiger partial charge >= 0.3 is 11.9 Å². The molecule has 2 fully saturated rings. The SMILES string of the molecule is COC(=O)C(=O)N1CCC(N2CCN(C(=O)c3cc(-c4ccccc4)nc(-c4ccccc4)c3)CC2)CC1. The highest BCUT2D eigenvalue weighted by atomic mass is 16.5. The predicted molar refractivity (Wildman–Crippen MR) is 144 cm³/mol. The number of aromatic nitrogens is 1. The summed E-state index contributed by atoms with van der Waals surface area (Å²) in [6, 6.07) is 24.0. The van der Waals surface area contributed by atoms with Gasteiger partial charge in [0.25, 0.3) is 5.91 Å². The lowest BCUT2D eigenvalue weighted by Gasteiger charge is -2.42. The maximum atomic E-state index is 13.7. The zero-order valence-corrected chi connectivity index (χ0v) is 21.6. The summed E-state index contributed by atoms with van der Waals surface area (Å²) in [5, 5.41) is 0. The number of ether oxygens (including phenoxy) is 1. The van der Waals surface area contributed by atoms with E-state index in [1.807, 2.05) is 77.7 Å². The van der Waals surface area contributed by atoms with Crippen LogP contribution in [0.2, 0.25) is 0 Å². The Balaban J connectivity index is 1.26. The highest BCUT2D eigenvalue weighted by molar-refractivity contribution is 6.32. The Labute approximate surface area is 222 Å². The lowest BCUT2D eigenvalue weighted by molar-refractivity contribution is -0.159. The molecule has 0 unspecified atom stereocenters. The van der Waals surface area contributed by atoms with E-state index in [2.05, 4.69) is 9.64 Å². The van der Waals surface area contributed by atoms with Crippen molar-refractivity contribution < 1.29 is 19.1 Å². The van der Waals surface area contributed by atoms with E-state index in [0.29, 0.717) is 37.8 Å². The van der Waals surface area contributed by atoms with Crippen molar-refractivity contribution in [3.05, 3.63) is 78.4 Å².